The van der Waals surface area contributed by atoms with E-state index in [0.29, 0.717) is 44.6 Å². The summed E-state index contributed by atoms with van der Waals surface area (Å²) in [4.78, 5) is 33.4. The first-order chi connectivity index (χ1) is 14.5. The molecule has 1 atom stereocenters. The highest BCUT2D eigenvalue weighted by Crippen LogP contribution is 2.40. The fourth-order valence-corrected chi connectivity index (χ4v) is 4.86. The van der Waals surface area contributed by atoms with Crippen molar-refractivity contribution in [1.29, 1.82) is 0 Å². The number of likely N-dealkylation sites (tertiary alicyclic amines) is 2. The topological polar surface area (TPSA) is 73.7 Å². The molecule has 2 aromatic rings. The molecular weight excluding hydrogens is 378 g/mol. The highest BCUT2D eigenvalue weighted by molar-refractivity contribution is 5.94. The smallest absolute Gasteiger partial charge is 0.255 e. The fraction of sp³-hybridized carbons (Fsp3) is 0.458. The number of aliphatic hydroxyl groups is 1. The van der Waals surface area contributed by atoms with E-state index in [-0.39, 0.29) is 17.2 Å². The number of hydrogen-bond acceptors (Lipinski definition) is 4. The van der Waals surface area contributed by atoms with Gasteiger partial charge in [-0.1, -0.05) is 24.3 Å². The van der Waals surface area contributed by atoms with Gasteiger partial charge in [-0.15, -0.1) is 0 Å². The Balaban J connectivity index is 1.39. The van der Waals surface area contributed by atoms with Crippen molar-refractivity contribution in [3.05, 3.63) is 65.5 Å². The number of piperidine rings is 2. The number of rotatable bonds is 3. The Labute approximate surface area is 177 Å². The summed E-state index contributed by atoms with van der Waals surface area (Å²) in [5.74, 6) is 0.0677. The van der Waals surface area contributed by atoms with Crippen molar-refractivity contribution in [1.82, 2.24) is 14.8 Å². The maximum Gasteiger partial charge on any atom is 0.255 e. The van der Waals surface area contributed by atoms with Gasteiger partial charge in [-0.05, 0) is 54.9 Å². The van der Waals surface area contributed by atoms with Crippen LogP contribution in [0.4, 0.5) is 0 Å². The molecule has 2 saturated heterocycles. The van der Waals surface area contributed by atoms with Crippen molar-refractivity contribution >= 4 is 11.8 Å². The molecule has 0 radical (unpaired) electrons. The predicted octanol–water partition coefficient (Wildman–Crippen LogP) is 2.45. The van der Waals surface area contributed by atoms with Gasteiger partial charge in [-0.3, -0.25) is 14.6 Å². The van der Waals surface area contributed by atoms with E-state index in [1.165, 1.54) is 0 Å². The molecule has 158 valence electrons. The number of aromatic nitrogens is 1. The molecule has 1 unspecified atom stereocenters. The van der Waals surface area contributed by atoms with Crippen LogP contribution in [0.25, 0.3) is 0 Å². The Bertz CT molecular complexity index is 907. The Morgan fingerprint density at radius 3 is 2.60 bits per heavy atom. The number of amides is 2. The third kappa shape index (κ3) is 4.38. The average Bonchev–Trinajstić information content (AvgIpc) is 2.75. The van der Waals surface area contributed by atoms with E-state index in [4.69, 9.17) is 0 Å². The first kappa shape index (κ1) is 20.5. The molecule has 1 N–H and O–H groups in total. The lowest BCUT2D eigenvalue weighted by atomic mass is 9.71. The van der Waals surface area contributed by atoms with Crippen LogP contribution >= 0.6 is 0 Å². The minimum absolute atomic E-state index is 0.0840. The van der Waals surface area contributed by atoms with Gasteiger partial charge in [-0.2, -0.15) is 0 Å². The fourth-order valence-electron chi connectivity index (χ4n) is 4.86. The molecule has 1 spiro atoms. The summed E-state index contributed by atoms with van der Waals surface area (Å²) in [7, 11) is 0. The van der Waals surface area contributed by atoms with E-state index < -0.39 is 6.10 Å². The van der Waals surface area contributed by atoms with Crippen molar-refractivity contribution in [3.63, 3.8) is 0 Å². The van der Waals surface area contributed by atoms with Gasteiger partial charge < -0.3 is 14.9 Å². The van der Waals surface area contributed by atoms with Crippen LogP contribution in [-0.2, 0) is 11.2 Å². The van der Waals surface area contributed by atoms with Gasteiger partial charge in [0.2, 0.25) is 5.91 Å². The molecule has 6 nitrogen and oxygen atoms in total. The number of aliphatic hydroxyl groups excluding tert-OH is 1. The van der Waals surface area contributed by atoms with Gasteiger partial charge in [0.05, 0.1) is 18.1 Å². The number of carbonyl (C=O) groups excluding carboxylic acids is 2. The number of β-amino-alcohol motifs (C(OH)–C–C–N with tert-alkyl or cyclic N) is 1. The number of pyridine rings is 1. The largest absolute Gasteiger partial charge is 0.391 e. The summed E-state index contributed by atoms with van der Waals surface area (Å²) in [6, 6.07) is 11.5. The molecule has 30 heavy (non-hydrogen) atoms. The zero-order valence-corrected chi connectivity index (χ0v) is 17.5. The molecule has 6 heteroatoms. The molecule has 1 aromatic carbocycles. The Kier molecular flexibility index (Phi) is 5.86. The first-order valence-corrected chi connectivity index (χ1v) is 10.7. The maximum atomic E-state index is 12.9. The lowest BCUT2D eigenvalue weighted by molar-refractivity contribution is -0.134. The lowest BCUT2D eigenvalue weighted by Gasteiger charge is -2.49. The number of hydrogen-bond donors (Lipinski definition) is 1. The molecule has 2 fully saturated rings. The SMILES string of the molecule is Cc1ccccc1CC(=O)N1CCC2(CC1)CC(O)CN(C(=O)c1cccnc1)C2. The standard InChI is InChI=1S/C24H29N3O3/c1-18-5-2-3-6-19(18)13-22(29)26-11-8-24(9-12-26)14-21(28)16-27(17-24)23(30)20-7-4-10-25-15-20/h2-7,10,15,21,28H,8-9,11-14,16-17H2,1H3. The summed E-state index contributed by atoms with van der Waals surface area (Å²) in [6.45, 7) is 4.35. The average molecular weight is 408 g/mol. The minimum atomic E-state index is -0.534. The van der Waals surface area contributed by atoms with Crippen LogP contribution in [0.15, 0.2) is 48.8 Å². The van der Waals surface area contributed by atoms with Crippen LogP contribution in [-0.4, -0.2) is 64.0 Å². The van der Waals surface area contributed by atoms with Crippen LogP contribution in [0.1, 0.15) is 40.7 Å². The number of nitrogens with zero attached hydrogens (tertiary/aromatic N) is 3. The first-order valence-electron chi connectivity index (χ1n) is 10.7. The third-order valence-corrected chi connectivity index (χ3v) is 6.60. The Morgan fingerprint density at radius 1 is 1.13 bits per heavy atom. The van der Waals surface area contributed by atoms with Gasteiger partial charge in [0.25, 0.3) is 5.91 Å². The van der Waals surface area contributed by atoms with E-state index >= 15 is 0 Å². The summed E-state index contributed by atoms with van der Waals surface area (Å²) < 4.78 is 0. The molecule has 0 aliphatic carbocycles. The van der Waals surface area contributed by atoms with Crippen molar-refractivity contribution in [2.24, 2.45) is 5.41 Å². The summed E-state index contributed by atoms with van der Waals surface area (Å²) in [5.41, 5.74) is 2.63. The van der Waals surface area contributed by atoms with Gasteiger partial charge in [-0.25, -0.2) is 0 Å². The number of benzene rings is 1. The number of aryl methyl sites for hydroxylation is 1. The van der Waals surface area contributed by atoms with E-state index in [2.05, 4.69) is 4.98 Å². The molecule has 1 aromatic heterocycles. The van der Waals surface area contributed by atoms with E-state index in [1.54, 1.807) is 29.4 Å². The van der Waals surface area contributed by atoms with E-state index in [0.717, 1.165) is 24.0 Å². The van der Waals surface area contributed by atoms with Crippen LogP contribution in [0.2, 0.25) is 0 Å². The minimum Gasteiger partial charge on any atom is -0.391 e. The van der Waals surface area contributed by atoms with Crippen LogP contribution in [0, 0.1) is 12.3 Å². The molecule has 2 amide bonds. The van der Waals surface area contributed by atoms with Crippen molar-refractivity contribution in [3.8, 4) is 0 Å². The second kappa shape index (κ2) is 8.56. The summed E-state index contributed by atoms with van der Waals surface area (Å²) in [5, 5.41) is 10.5. The van der Waals surface area contributed by atoms with Crippen molar-refractivity contribution < 1.29 is 14.7 Å². The predicted molar refractivity (Wildman–Crippen MR) is 114 cm³/mol. The van der Waals surface area contributed by atoms with Crippen molar-refractivity contribution in [2.75, 3.05) is 26.2 Å². The van der Waals surface area contributed by atoms with Crippen LogP contribution in [0.3, 0.4) is 0 Å². The maximum absolute atomic E-state index is 12.9. The van der Waals surface area contributed by atoms with E-state index in [1.807, 2.05) is 36.1 Å². The molecule has 0 saturated carbocycles. The lowest BCUT2D eigenvalue weighted by Crippen LogP contribution is -2.56. The van der Waals surface area contributed by atoms with Crippen LogP contribution in [0.5, 0.6) is 0 Å². The van der Waals surface area contributed by atoms with Crippen molar-refractivity contribution in [2.45, 2.75) is 38.7 Å². The van der Waals surface area contributed by atoms with Crippen LogP contribution < -0.4 is 0 Å². The normalized spacial score (nSPS) is 20.9. The highest BCUT2D eigenvalue weighted by Gasteiger charge is 2.43. The Morgan fingerprint density at radius 2 is 1.90 bits per heavy atom. The number of carbonyl (C=O) groups is 2. The monoisotopic (exact) mass is 407 g/mol. The molecule has 0 bridgehead atoms. The second-order valence-electron chi connectivity index (χ2n) is 8.77. The molecule has 2 aliphatic heterocycles. The van der Waals surface area contributed by atoms with Gasteiger partial charge in [0.1, 0.15) is 0 Å². The summed E-state index contributed by atoms with van der Waals surface area (Å²) >= 11 is 0. The van der Waals surface area contributed by atoms with E-state index in [9.17, 15) is 14.7 Å². The summed E-state index contributed by atoms with van der Waals surface area (Å²) in [6.07, 6.45) is 5.40. The second-order valence-corrected chi connectivity index (χ2v) is 8.77. The third-order valence-electron chi connectivity index (χ3n) is 6.60. The Hall–Kier alpha value is -2.73. The molecule has 3 heterocycles. The van der Waals surface area contributed by atoms with Gasteiger partial charge in [0.15, 0.2) is 0 Å². The van der Waals surface area contributed by atoms with Gasteiger partial charge in [0, 0.05) is 38.6 Å². The zero-order chi connectivity index (χ0) is 21.1. The van der Waals surface area contributed by atoms with Gasteiger partial charge >= 0.3 is 0 Å². The zero-order valence-electron chi connectivity index (χ0n) is 17.5. The highest BCUT2D eigenvalue weighted by atomic mass is 16.3. The molecule has 4 rings (SSSR count). The molecule has 2 aliphatic rings. The quantitative estimate of drug-likeness (QED) is 0.848. The molecular formula is C24H29N3O3.